The second kappa shape index (κ2) is 4.69. The van der Waals surface area contributed by atoms with E-state index in [9.17, 15) is 12.9 Å². The first kappa shape index (κ1) is 11.4. The van der Waals surface area contributed by atoms with Crippen molar-refractivity contribution in [3.05, 3.63) is 0 Å². The van der Waals surface area contributed by atoms with Crippen LogP contribution in [0.5, 0.6) is 0 Å². The Hall–Kier alpha value is -0.695. The van der Waals surface area contributed by atoms with E-state index >= 15 is 0 Å². The second-order valence-corrected chi connectivity index (χ2v) is 3.77. The number of hydrogen-bond donors (Lipinski definition) is 0. The Kier molecular flexibility index (Phi) is 3.82. The number of halogens is 3. The van der Waals surface area contributed by atoms with Crippen LogP contribution in [0, 0.1) is 17.2 Å². The first-order valence-electron chi connectivity index (χ1n) is 4.84. The summed E-state index contributed by atoms with van der Waals surface area (Å²) in [7, 11) is 0. The van der Waals surface area contributed by atoms with Gasteiger partial charge < -0.3 is 17.8 Å². The van der Waals surface area contributed by atoms with Crippen LogP contribution in [0.1, 0.15) is 12.8 Å². The fourth-order valence-corrected chi connectivity index (χ4v) is 1.69. The number of piperidine rings is 1. The quantitative estimate of drug-likeness (QED) is 0.659. The largest absolute Gasteiger partial charge is 0.479 e. The minimum absolute atomic E-state index is 0.0572. The van der Waals surface area contributed by atoms with E-state index < -0.39 is 13.3 Å². The average Bonchev–Trinajstić information content (AvgIpc) is 2.14. The molecule has 1 heterocycles. The first-order chi connectivity index (χ1) is 6.51. The van der Waals surface area contributed by atoms with E-state index in [1.807, 2.05) is 0 Å². The molecular formula is C8H13BF3N2-. The first-order valence-corrected chi connectivity index (χ1v) is 4.84. The number of rotatable bonds is 3. The predicted octanol–water partition coefficient (Wildman–Crippen LogP) is 2.07. The van der Waals surface area contributed by atoms with Gasteiger partial charge in [-0.15, -0.1) is 0 Å². The summed E-state index contributed by atoms with van der Waals surface area (Å²) in [6.45, 7) is -3.42. The molecule has 1 aliphatic heterocycles. The van der Waals surface area contributed by atoms with Gasteiger partial charge in [0.25, 0.3) is 0 Å². The Bertz CT molecular complexity index is 224. The van der Waals surface area contributed by atoms with Crippen molar-refractivity contribution in [3.8, 4) is 6.07 Å². The van der Waals surface area contributed by atoms with Crippen molar-refractivity contribution in [2.75, 3.05) is 19.6 Å². The topological polar surface area (TPSA) is 27.0 Å². The summed E-state index contributed by atoms with van der Waals surface area (Å²) in [6.07, 6.45) is 0.950. The van der Waals surface area contributed by atoms with Gasteiger partial charge in [0.2, 0.25) is 0 Å². The summed E-state index contributed by atoms with van der Waals surface area (Å²) in [5.74, 6) is -0.0792. The SMILES string of the molecule is N#CC1CCCN(CC[B-](F)(F)F)C1. The van der Waals surface area contributed by atoms with E-state index in [0.29, 0.717) is 13.1 Å². The Balaban J connectivity index is 2.28. The lowest BCUT2D eigenvalue weighted by molar-refractivity contribution is 0.204. The molecule has 0 N–H and O–H groups in total. The molecule has 1 saturated heterocycles. The van der Waals surface area contributed by atoms with Crippen LogP contribution in [0.3, 0.4) is 0 Å². The maximum absolute atomic E-state index is 12.0. The van der Waals surface area contributed by atoms with Crippen molar-refractivity contribution in [3.63, 3.8) is 0 Å². The van der Waals surface area contributed by atoms with Crippen LogP contribution in [-0.4, -0.2) is 31.5 Å². The zero-order chi connectivity index (χ0) is 10.6. The summed E-state index contributed by atoms with van der Waals surface area (Å²) in [5, 5.41) is 8.64. The highest BCUT2D eigenvalue weighted by atomic mass is 19.4. The molecule has 1 rings (SSSR count). The standard InChI is InChI=1S/C8H13BF3N2/c10-9(11,12)3-5-14-4-1-2-8(6-13)7-14/h8H,1-5,7H2/q-1. The van der Waals surface area contributed by atoms with Gasteiger partial charge in [-0.3, -0.25) is 0 Å². The molecule has 0 saturated carbocycles. The van der Waals surface area contributed by atoms with E-state index in [4.69, 9.17) is 5.26 Å². The molecular weight excluding hydrogens is 192 g/mol. The highest BCUT2D eigenvalue weighted by Gasteiger charge is 2.25. The lowest BCUT2D eigenvalue weighted by Crippen LogP contribution is -2.37. The van der Waals surface area contributed by atoms with Crippen LogP contribution in [-0.2, 0) is 0 Å². The Morgan fingerprint density at radius 1 is 1.43 bits per heavy atom. The lowest BCUT2D eigenvalue weighted by atomic mass is 9.85. The van der Waals surface area contributed by atoms with Crippen LogP contribution < -0.4 is 0 Å². The summed E-state index contributed by atoms with van der Waals surface area (Å²) in [5.41, 5.74) is 0. The summed E-state index contributed by atoms with van der Waals surface area (Å²) in [6, 6.07) is 2.11. The molecule has 6 heteroatoms. The third-order valence-electron chi connectivity index (χ3n) is 2.46. The van der Waals surface area contributed by atoms with E-state index in [0.717, 1.165) is 12.8 Å². The van der Waals surface area contributed by atoms with Crippen LogP contribution in [0.2, 0.25) is 6.32 Å². The molecule has 0 bridgehead atoms. The van der Waals surface area contributed by atoms with Crippen LogP contribution in [0.4, 0.5) is 12.9 Å². The van der Waals surface area contributed by atoms with Gasteiger partial charge in [0.1, 0.15) is 0 Å². The molecule has 14 heavy (non-hydrogen) atoms. The third kappa shape index (κ3) is 4.01. The van der Waals surface area contributed by atoms with Crippen LogP contribution in [0.25, 0.3) is 0 Å². The van der Waals surface area contributed by atoms with Gasteiger partial charge in [-0.25, -0.2) is 0 Å². The number of nitriles is 1. The van der Waals surface area contributed by atoms with Gasteiger partial charge >= 0.3 is 6.98 Å². The van der Waals surface area contributed by atoms with Crippen LogP contribution in [0.15, 0.2) is 0 Å². The number of likely N-dealkylation sites (tertiary alicyclic amines) is 1. The predicted molar refractivity (Wildman–Crippen MR) is 48.7 cm³/mol. The molecule has 80 valence electrons. The van der Waals surface area contributed by atoms with Crippen LogP contribution >= 0.6 is 0 Å². The normalized spacial score (nSPS) is 24.6. The van der Waals surface area contributed by atoms with Gasteiger partial charge in [0, 0.05) is 6.54 Å². The zero-order valence-electron chi connectivity index (χ0n) is 7.93. The van der Waals surface area contributed by atoms with Crippen molar-refractivity contribution < 1.29 is 12.9 Å². The van der Waals surface area contributed by atoms with E-state index in [1.165, 1.54) is 0 Å². The molecule has 0 aromatic carbocycles. The molecule has 1 atom stereocenters. The van der Waals surface area contributed by atoms with Crippen molar-refractivity contribution >= 4 is 6.98 Å². The Morgan fingerprint density at radius 2 is 2.14 bits per heavy atom. The van der Waals surface area contributed by atoms with Crippen molar-refractivity contribution in [2.45, 2.75) is 19.2 Å². The minimum Gasteiger partial charge on any atom is -0.449 e. The molecule has 0 spiro atoms. The summed E-state index contributed by atoms with van der Waals surface area (Å²) in [4.78, 5) is 1.74. The molecule has 0 aliphatic carbocycles. The van der Waals surface area contributed by atoms with Gasteiger partial charge in [-0.2, -0.15) is 5.26 Å². The van der Waals surface area contributed by atoms with E-state index in [2.05, 4.69) is 6.07 Å². The van der Waals surface area contributed by atoms with Crippen molar-refractivity contribution in [1.29, 1.82) is 5.26 Å². The molecule has 0 radical (unpaired) electrons. The smallest absolute Gasteiger partial charge is 0.449 e. The van der Waals surface area contributed by atoms with Crippen molar-refractivity contribution in [1.82, 2.24) is 4.90 Å². The second-order valence-electron chi connectivity index (χ2n) is 3.77. The van der Waals surface area contributed by atoms with Crippen molar-refractivity contribution in [2.24, 2.45) is 5.92 Å². The third-order valence-corrected chi connectivity index (χ3v) is 2.46. The molecule has 1 aliphatic rings. The zero-order valence-corrected chi connectivity index (χ0v) is 7.93. The molecule has 1 fully saturated rings. The maximum atomic E-state index is 12.0. The van der Waals surface area contributed by atoms with E-state index in [-0.39, 0.29) is 12.5 Å². The van der Waals surface area contributed by atoms with Gasteiger partial charge in [-0.1, -0.05) is 6.32 Å². The lowest BCUT2D eigenvalue weighted by Gasteiger charge is -2.30. The van der Waals surface area contributed by atoms with Gasteiger partial charge in [0.05, 0.1) is 12.0 Å². The number of nitrogens with zero attached hydrogens (tertiary/aromatic N) is 2. The highest BCUT2D eigenvalue weighted by molar-refractivity contribution is 6.58. The fourth-order valence-electron chi connectivity index (χ4n) is 1.69. The molecule has 0 aromatic heterocycles. The monoisotopic (exact) mass is 205 g/mol. The maximum Gasteiger partial charge on any atom is 0.479 e. The molecule has 2 nitrogen and oxygen atoms in total. The molecule has 0 aromatic rings. The number of hydrogen-bond acceptors (Lipinski definition) is 2. The molecule has 1 unspecified atom stereocenters. The average molecular weight is 205 g/mol. The van der Waals surface area contributed by atoms with Gasteiger partial charge in [0.15, 0.2) is 0 Å². The van der Waals surface area contributed by atoms with Gasteiger partial charge in [-0.05, 0) is 25.9 Å². The molecule has 0 amide bonds. The summed E-state index contributed by atoms with van der Waals surface area (Å²) >= 11 is 0. The summed E-state index contributed by atoms with van der Waals surface area (Å²) < 4.78 is 35.9. The fraction of sp³-hybridized carbons (Fsp3) is 0.875. The Morgan fingerprint density at radius 3 is 2.71 bits per heavy atom. The minimum atomic E-state index is -4.68. The Labute approximate surface area is 81.7 Å². The highest BCUT2D eigenvalue weighted by Crippen LogP contribution is 2.19. The van der Waals surface area contributed by atoms with E-state index in [1.54, 1.807) is 4.90 Å².